The molecule has 44 heavy (non-hydrogen) atoms. The molecule has 0 saturated carbocycles. The van der Waals surface area contributed by atoms with Crippen LogP contribution in [0.4, 0.5) is 0 Å². The van der Waals surface area contributed by atoms with Gasteiger partial charge in [0.25, 0.3) is 0 Å². The lowest BCUT2D eigenvalue weighted by Crippen LogP contribution is -2.61. The minimum Gasteiger partial charge on any atom is -0.493 e. The Balaban J connectivity index is 1.52. The number of amides is 3. The van der Waals surface area contributed by atoms with Crippen molar-refractivity contribution >= 4 is 46.4 Å². The summed E-state index contributed by atoms with van der Waals surface area (Å²) in [6.07, 6.45) is 1.42. The van der Waals surface area contributed by atoms with Crippen LogP contribution < -0.4 is 9.47 Å². The summed E-state index contributed by atoms with van der Waals surface area (Å²) in [5, 5.41) is 3.95. The second-order valence-corrected chi connectivity index (χ2v) is 12.3. The molecule has 1 aliphatic heterocycles. The van der Waals surface area contributed by atoms with Crippen molar-refractivity contribution < 1.29 is 33.4 Å². The number of hydrogen-bond donors (Lipinski definition) is 0. The molecule has 236 valence electrons. The Morgan fingerprint density at radius 3 is 2.23 bits per heavy atom. The molecule has 0 radical (unpaired) electrons. The van der Waals surface area contributed by atoms with Gasteiger partial charge in [-0.05, 0) is 66.8 Å². The zero-order valence-corrected chi connectivity index (χ0v) is 27.0. The Labute approximate surface area is 266 Å². The maximum Gasteiger partial charge on any atom is 0.325 e. The van der Waals surface area contributed by atoms with E-state index in [1.807, 2.05) is 47.2 Å². The Morgan fingerprint density at radius 2 is 1.61 bits per heavy atom. The van der Waals surface area contributed by atoms with Crippen LogP contribution in [0.5, 0.6) is 11.5 Å². The summed E-state index contributed by atoms with van der Waals surface area (Å²) < 4.78 is 15.9. The predicted molar refractivity (Wildman–Crippen MR) is 169 cm³/mol. The first-order valence-electron chi connectivity index (χ1n) is 14.6. The molecule has 10 nitrogen and oxygen atoms in total. The molecule has 2 aromatic heterocycles. The number of methoxy groups -OCH3 is 2. The number of esters is 1. The lowest BCUT2D eigenvalue weighted by Gasteiger charge is -2.40. The van der Waals surface area contributed by atoms with Crippen LogP contribution in [0.3, 0.4) is 0 Å². The van der Waals surface area contributed by atoms with Crippen LogP contribution in [0.1, 0.15) is 28.7 Å². The van der Waals surface area contributed by atoms with Gasteiger partial charge in [-0.25, -0.2) is 0 Å². The van der Waals surface area contributed by atoms with Crippen LogP contribution in [0.2, 0.25) is 0 Å². The minimum absolute atomic E-state index is 0.0226. The van der Waals surface area contributed by atoms with E-state index in [0.29, 0.717) is 43.9 Å². The molecule has 0 bridgehead atoms. The number of carbonyl (C=O) groups excluding carboxylic acids is 4. The zero-order valence-electron chi connectivity index (χ0n) is 25.4. The van der Waals surface area contributed by atoms with Gasteiger partial charge in [-0.1, -0.05) is 18.2 Å². The van der Waals surface area contributed by atoms with Crippen LogP contribution in [-0.2, 0) is 43.2 Å². The molecule has 1 aromatic carbocycles. The van der Waals surface area contributed by atoms with E-state index in [2.05, 4.69) is 0 Å². The molecule has 1 unspecified atom stereocenters. The normalized spacial score (nSPS) is 14.9. The number of nitrogens with zero attached hydrogens (tertiary/aromatic N) is 3. The fraction of sp³-hybridized carbons (Fsp3) is 0.438. The Morgan fingerprint density at radius 1 is 0.932 bits per heavy atom. The molecule has 4 rings (SSSR count). The van der Waals surface area contributed by atoms with Gasteiger partial charge >= 0.3 is 5.97 Å². The predicted octanol–water partition coefficient (Wildman–Crippen LogP) is 3.68. The summed E-state index contributed by atoms with van der Waals surface area (Å²) >= 11 is 3.19. The fourth-order valence-corrected chi connectivity index (χ4v) is 6.55. The molecule has 12 heteroatoms. The second-order valence-electron chi connectivity index (χ2n) is 10.3. The first-order chi connectivity index (χ1) is 21.3. The van der Waals surface area contributed by atoms with E-state index in [0.717, 1.165) is 15.3 Å². The van der Waals surface area contributed by atoms with Crippen molar-refractivity contribution in [1.82, 2.24) is 14.7 Å². The number of benzene rings is 1. The molecular weight excluding hydrogens is 603 g/mol. The molecule has 3 heterocycles. The standard InChI is InChI=1S/C32H39N3O7S2/c1-4-42-31(38)22-33(14-11-23-9-10-27(40-2)28(19-23)41-3)29(36)20-26-32(39)34(15-12-24-7-5-17-43-24)21-30(37)35(26)16-13-25-8-6-18-44-25/h5-10,17-19,26H,4,11-16,20-22H2,1-3H3. The van der Waals surface area contributed by atoms with Gasteiger partial charge in [0.15, 0.2) is 11.5 Å². The average molecular weight is 642 g/mol. The van der Waals surface area contributed by atoms with Gasteiger partial charge in [0.1, 0.15) is 12.6 Å². The van der Waals surface area contributed by atoms with Gasteiger partial charge in [-0.2, -0.15) is 0 Å². The third-order valence-electron chi connectivity index (χ3n) is 7.47. The lowest BCUT2D eigenvalue weighted by atomic mass is 10.0. The molecule has 3 amide bonds. The first kappa shape index (κ1) is 33.0. The highest BCUT2D eigenvalue weighted by Crippen LogP contribution is 2.28. The Kier molecular flexibility index (Phi) is 12.2. The largest absolute Gasteiger partial charge is 0.493 e. The maximum atomic E-state index is 13.8. The summed E-state index contributed by atoms with van der Waals surface area (Å²) in [5.74, 6) is -0.229. The molecule has 0 N–H and O–H groups in total. The summed E-state index contributed by atoms with van der Waals surface area (Å²) in [5.41, 5.74) is 0.880. The highest BCUT2D eigenvalue weighted by atomic mass is 32.1. The third-order valence-corrected chi connectivity index (χ3v) is 9.34. The maximum absolute atomic E-state index is 13.8. The zero-order chi connectivity index (χ0) is 31.5. The van der Waals surface area contributed by atoms with Crippen molar-refractivity contribution in [1.29, 1.82) is 0 Å². The highest BCUT2D eigenvalue weighted by molar-refractivity contribution is 7.10. The van der Waals surface area contributed by atoms with Crippen molar-refractivity contribution in [3.05, 3.63) is 68.5 Å². The quantitative estimate of drug-likeness (QED) is 0.220. The molecule has 0 spiro atoms. The molecule has 1 saturated heterocycles. The average Bonchev–Trinajstić information content (AvgIpc) is 3.74. The molecule has 0 aliphatic carbocycles. The van der Waals surface area contributed by atoms with Gasteiger partial charge < -0.3 is 28.9 Å². The number of ether oxygens (including phenoxy) is 3. The minimum atomic E-state index is -0.960. The number of thiophene rings is 2. The van der Waals surface area contributed by atoms with Crippen LogP contribution in [0, 0.1) is 0 Å². The van der Waals surface area contributed by atoms with E-state index >= 15 is 0 Å². The van der Waals surface area contributed by atoms with E-state index in [1.54, 1.807) is 59.7 Å². The molecular formula is C32H39N3O7S2. The Bertz CT molecular complexity index is 1390. The van der Waals surface area contributed by atoms with E-state index in [9.17, 15) is 19.2 Å². The smallest absolute Gasteiger partial charge is 0.325 e. The summed E-state index contributed by atoms with van der Waals surface area (Å²) in [6, 6.07) is 12.4. The summed E-state index contributed by atoms with van der Waals surface area (Å²) in [4.78, 5) is 60.4. The fourth-order valence-electron chi connectivity index (χ4n) is 5.15. The molecule has 3 aromatic rings. The first-order valence-corrected chi connectivity index (χ1v) is 16.4. The van der Waals surface area contributed by atoms with Crippen molar-refractivity contribution in [3.63, 3.8) is 0 Å². The summed E-state index contributed by atoms with van der Waals surface area (Å²) in [7, 11) is 3.11. The van der Waals surface area contributed by atoms with Crippen molar-refractivity contribution in [2.24, 2.45) is 0 Å². The van der Waals surface area contributed by atoms with Crippen molar-refractivity contribution in [3.8, 4) is 11.5 Å². The Hall–Kier alpha value is -3.90. The third kappa shape index (κ3) is 8.82. The van der Waals surface area contributed by atoms with Gasteiger partial charge in [0.05, 0.1) is 33.8 Å². The number of rotatable bonds is 16. The van der Waals surface area contributed by atoms with Crippen LogP contribution in [0.25, 0.3) is 0 Å². The van der Waals surface area contributed by atoms with E-state index < -0.39 is 17.9 Å². The number of carbonyl (C=O) groups is 4. The van der Waals surface area contributed by atoms with Crippen molar-refractivity contribution in [2.75, 3.05) is 53.6 Å². The number of hydrogen-bond acceptors (Lipinski definition) is 9. The lowest BCUT2D eigenvalue weighted by molar-refractivity contribution is -0.158. The molecule has 1 aliphatic rings. The van der Waals surface area contributed by atoms with Crippen molar-refractivity contribution in [2.45, 2.75) is 38.6 Å². The van der Waals surface area contributed by atoms with E-state index in [1.165, 1.54) is 4.90 Å². The van der Waals surface area contributed by atoms with Gasteiger partial charge in [-0.3, -0.25) is 19.2 Å². The van der Waals surface area contributed by atoms with Gasteiger partial charge in [0.2, 0.25) is 17.7 Å². The molecule has 1 fully saturated rings. The number of piperazine rings is 1. The van der Waals surface area contributed by atoms with Crippen LogP contribution in [-0.4, -0.2) is 98.0 Å². The van der Waals surface area contributed by atoms with Crippen LogP contribution in [0.15, 0.2) is 53.2 Å². The monoisotopic (exact) mass is 641 g/mol. The van der Waals surface area contributed by atoms with Gasteiger partial charge in [0, 0.05) is 29.4 Å². The van der Waals surface area contributed by atoms with E-state index in [-0.39, 0.29) is 44.5 Å². The topological polar surface area (TPSA) is 106 Å². The summed E-state index contributed by atoms with van der Waals surface area (Å²) in [6.45, 7) is 2.53. The SMILES string of the molecule is CCOC(=O)CN(CCc1ccc(OC)c(OC)c1)C(=O)CC1C(=O)N(CCc2cccs2)CC(=O)N1CCc1cccs1. The van der Waals surface area contributed by atoms with Gasteiger partial charge in [-0.15, -0.1) is 22.7 Å². The molecule has 1 atom stereocenters. The van der Waals surface area contributed by atoms with Crippen LogP contribution >= 0.6 is 22.7 Å². The van der Waals surface area contributed by atoms with E-state index in [4.69, 9.17) is 14.2 Å². The second kappa shape index (κ2) is 16.2. The highest BCUT2D eigenvalue weighted by Gasteiger charge is 2.41.